The fourth-order valence-electron chi connectivity index (χ4n) is 0.662. The molecule has 1 heteroatoms. The number of rotatable bonds is 2. The van der Waals surface area contributed by atoms with Crippen LogP contribution in [0.25, 0.3) is 0 Å². The van der Waals surface area contributed by atoms with E-state index in [-0.39, 0.29) is 5.78 Å². The quantitative estimate of drug-likeness (QED) is 0.582. The molecule has 0 unspecified atom stereocenters. The Morgan fingerprint density at radius 3 is 2.31 bits per heavy atom. The van der Waals surface area contributed by atoms with Gasteiger partial charge in [0.05, 0.1) is 0 Å². The lowest BCUT2D eigenvalue weighted by Gasteiger charge is -1.87. The summed E-state index contributed by atoms with van der Waals surface area (Å²) in [5.74, 6) is 0.109. The smallest absolute Gasteiger partial charge is 0.134 e. The third-order valence-electron chi connectivity index (χ3n) is 1.07. The maximum Gasteiger partial charge on any atom is 0.134 e. The van der Waals surface area contributed by atoms with Crippen molar-refractivity contribution in [3.63, 3.8) is 0 Å². The zero-order valence-corrected chi connectivity index (χ0v) is 7.82. The van der Waals surface area contributed by atoms with Crippen LogP contribution >= 0.6 is 0 Å². The van der Waals surface area contributed by atoms with Gasteiger partial charge in [-0.1, -0.05) is 11.5 Å². The van der Waals surface area contributed by atoms with Crippen molar-refractivity contribution in [2.45, 2.75) is 20.3 Å². The summed E-state index contributed by atoms with van der Waals surface area (Å²) in [7, 11) is 0. The van der Waals surface area contributed by atoms with Crippen LogP contribution in [0.1, 0.15) is 20.3 Å². The number of hydrogen-bond acceptors (Lipinski definition) is 1. The molecule has 0 aliphatic carbocycles. The molecule has 0 saturated carbocycles. The number of ketones is 1. The molecule has 0 aliphatic heterocycles. The van der Waals surface area contributed by atoms with Gasteiger partial charge in [-0.2, -0.15) is 0 Å². The van der Waals surface area contributed by atoms with Gasteiger partial charge in [-0.25, -0.2) is 0 Å². The summed E-state index contributed by atoms with van der Waals surface area (Å²) < 4.78 is 0. The highest BCUT2D eigenvalue weighted by Gasteiger charge is 1.91. The first-order valence-corrected chi connectivity index (χ1v) is 3.76. The standard InChI is InChI=1S/C12H10O/c1-4-5-6-7-8-9-11(2)10-12(3)13/h1,10H2,2-3H3. The molecular weight excluding hydrogens is 160 g/mol. The number of allylic oxidation sites excluding steroid dienone is 1. The lowest BCUT2D eigenvalue weighted by Crippen LogP contribution is -1.88. The Kier molecular flexibility index (Phi) is 5.78. The van der Waals surface area contributed by atoms with Gasteiger partial charge in [0, 0.05) is 6.42 Å². The fraction of sp³-hybridized carbons (Fsp3) is 0.250. The lowest BCUT2D eigenvalue weighted by atomic mass is 10.2. The van der Waals surface area contributed by atoms with Crippen molar-refractivity contribution in [2.75, 3.05) is 0 Å². The predicted octanol–water partition coefficient (Wildman–Crippen LogP) is 2.47. The van der Waals surface area contributed by atoms with Crippen LogP contribution in [0.5, 0.6) is 0 Å². The van der Waals surface area contributed by atoms with E-state index in [1.54, 1.807) is 0 Å². The molecule has 0 amide bonds. The van der Waals surface area contributed by atoms with Crippen LogP contribution in [-0.4, -0.2) is 5.78 Å². The first kappa shape index (κ1) is 11.1. The third-order valence-corrected chi connectivity index (χ3v) is 1.07. The van der Waals surface area contributed by atoms with Crippen LogP contribution < -0.4 is 0 Å². The summed E-state index contributed by atoms with van der Waals surface area (Å²) in [6, 6.07) is 0. The van der Waals surface area contributed by atoms with Gasteiger partial charge < -0.3 is 0 Å². The Morgan fingerprint density at radius 1 is 1.15 bits per heavy atom. The van der Waals surface area contributed by atoms with Gasteiger partial charge in [-0.15, -0.1) is 0 Å². The molecule has 0 bridgehead atoms. The van der Waals surface area contributed by atoms with E-state index in [1.165, 1.54) is 6.92 Å². The Balaban J connectivity index is 4.94. The molecule has 0 aromatic heterocycles. The van der Waals surface area contributed by atoms with E-state index in [0.29, 0.717) is 6.42 Å². The maximum absolute atomic E-state index is 10.6. The molecule has 64 valence electrons. The minimum atomic E-state index is 0.109. The monoisotopic (exact) mass is 170 g/mol. The summed E-state index contributed by atoms with van der Waals surface area (Å²) in [4.78, 5) is 10.6. The molecule has 0 aliphatic rings. The molecule has 0 aromatic carbocycles. The summed E-state index contributed by atoms with van der Waals surface area (Å²) in [6.07, 6.45) is 0.399. The molecule has 0 saturated heterocycles. The van der Waals surface area contributed by atoms with Crippen LogP contribution in [0.2, 0.25) is 0 Å². The summed E-state index contributed by atoms with van der Waals surface area (Å²) in [6.45, 7) is 6.64. The second-order valence-electron chi connectivity index (χ2n) is 2.46. The van der Waals surface area contributed by atoms with Gasteiger partial charge in [0.1, 0.15) is 5.78 Å². The normalized spacial score (nSPS) is 6.31. The highest BCUT2D eigenvalue weighted by molar-refractivity contribution is 5.77. The van der Waals surface area contributed by atoms with Crippen molar-refractivity contribution >= 4 is 5.78 Å². The van der Waals surface area contributed by atoms with Gasteiger partial charge >= 0.3 is 0 Å². The summed E-state index contributed by atoms with van der Waals surface area (Å²) in [5, 5.41) is 0. The van der Waals surface area contributed by atoms with Gasteiger partial charge in [0.15, 0.2) is 0 Å². The first-order valence-electron chi connectivity index (χ1n) is 3.76. The Morgan fingerprint density at radius 2 is 1.77 bits per heavy atom. The average Bonchev–Trinajstić information content (AvgIpc) is 2.02. The molecule has 0 spiro atoms. The minimum Gasteiger partial charge on any atom is -0.300 e. The van der Waals surface area contributed by atoms with Crippen LogP contribution in [0.15, 0.2) is 46.5 Å². The van der Waals surface area contributed by atoms with E-state index < -0.39 is 0 Å². The van der Waals surface area contributed by atoms with E-state index in [4.69, 9.17) is 0 Å². The minimum absolute atomic E-state index is 0.109. The number of Topliss-reactive ketones (excluding diaryl/α,β-unsaturated/α-hetero) is 1. The average molecular weight is 170 g/mol. The Hall–Kier alpha value is -1.91. The van der Waals surface area contributed by atoms with E-state index in [2.05, 4.69) is 41.0 Å². The predicted molar refractivity (Wildman–Crippen MR) is 51.2 cm³/mol. The first-order chi connectivity index (χ1) is 6.16. The zero-order chi connectivity index (χ0) is 10.1. The Labute approximate surface area is 78.1 Å². The van der Waals surface area contributed by atoms with E-state index in [1.807, 2.05) is 6.92 Å². The molecule has 0 aromatic rings. The molecular formula is C12H10O. The molecule has 0 fully saturated rings. The van der Waals surface area contributed by atoms with Gasteiger partial charge in [0.2, 0.25) is 0 Å². The fourth-order valence-corrected chi connectivity index (χ4v) is 0.662. The third kappa shape index (κ3) is 7.99. The molecule has 13 heavy (non-hydrogen) atoms. The molecule has 0 atom stereocenters. The summed E-state index contributed by atoms with van der Waals surface area (Å²) >= 11 is 0. The largest absolute Gasteiger partial charge is 0.300 e. The number of carbonyl (C=O) groups is 1. The van der Waals surface area contributed by atoms with Gasteiger partial charge in [-0.05, 0) is 48.9 Å². The molecule has 0 radical (unpaired) electrons. The zero-order valence-electron chi connectivity index (χ0n) is 7.82. The second-order valence-corrected chi connectivity index (χ2v) is 2.46. The number of hydrogen-bond donors (Lipinski definition) is 0. The number of carbonyl (C=O) groups excluding carboxylic acids is 1. The maximum atomic E-state index is 10.6. The SMILES string of the molecule is C=C=C=C=C=C=C=C(C)CC(C)=O. The van der Waals surface area contributed by atoms with Crippen LogP contribution in [0, 0.1) is 0 Å². The van der Waals surface area contributed by atoms with E-state index in [0.717, 1.165) is 5.57 Å². The molecule has 0 N–H and O–H groups in total. The molecule has 0 heterocycles. The van der Waals surface area contributed by atoms with Crippen LogP contribution in [0.3, 0.4) is 0 Å². The van der Waals surface area contributed by atoms with E-state index in [9.17, 15) is 4.79 Å². The molecule has 1 nitrogen and oxygen atoms in total. The van der Waals surface area contributed by atoms with Gasteiger partial charge in [-0.3, -0.25) is 4.79 Å². The van der Waals surface area contributed by atoms with Crippen molar-refractivity contribution in [2.24, 2.45) is 0 Å². The van der Waals surface area contributed by atoms with Crippen molar-refractivity contribution in [1.29, 1.82) is 0 Å². The summed E-state index contributed by atoms with van der Waals surface area (Å²) in [5.41, 5.74) is 16.1. The van der Waals surface area contributed by atoms with Crippen molar-refractivity contribution < 1.29 is 4.79 Å². The highest BCUT2D eigenvalue weighted by Crippen LogP contribution is 1.96. The van der Waals surface area contributed by atoms with Crippen molar-refractivity contribution in [3.05, 3.63) is 46.5 Å². The molecule has 0 rings (SSSR count). The van der Waals surface area contributed by atoms with Crippen LogP contribution in [-0.2, 0) is 4.79 Å². The Bertz CT molecular complexity index is 416. The topological polar surface area (TPSA) is 17.1 Å². The highest BCUT2D eigenvalue weighted by atomic mass is 16.1. The van der Waals surface area contributed by atoms with Gasteiger partial charge in [0.25, 0.3) is 0 Å². The second kappa shape index (κ2) is 6.78. The van der Waals surface area contributed by atoms with Crippen LogP contribution in [0.4, 0.5) is 0 Å². The van der Waals surface area contributed by atoms with Crippen molar-refractivity contribution in [1.82, 2.24) is 0 Å². The van der Waals surface area contributed by atoms with Crippen molar-refractivity contribution in [3.8, 4) is 0 Å². The van der Waals surface area contributed by atoms with E-state index >= 15 is 0 Å². The lowest BCUT2D eigenvalue weighted by molar-refractivity contribution is -0.116.